The summed E-state index contributed by atoms with van der Waals surface area (Å²) in [6.07, 6.45) is -3.57. The van der Waals surface area contributed by atoms with E-state index in [0.29, 0.717) is 0 Å². The van der Waals surface area contributed by atoms with E-state index in [1.54, 1.807) is 6.07 Å². The van der Waals surface area contributed by atoms with Gasteiger partial charge in [-0.2, -0.15) is 18.4 Å². The van der Waals surface area contributed by atoms with Crippen LogP contribution in [0.4, 0.5) is 13.2 Å². The highest BCUT2D eigenvalue weighted by atomic mass is 19.4. The number of halogens is 3. The fraction of sp³-hybridized carbons (Fsp3) is 0.231. The molecule has 0 aliphatic carbocycles. The van der Waals surface area contributed by atoms with Crippen LogP contribution in [0.2, 0.25) is 0 Å². The molecule has 6 heteroatoms. The Morgan fingerprint density at radius 3 is 2.68 bits per heavy atom. The standard InChI is InChI=1S/C13H11F3N2O/c1-18-8-11(12(19)5-6-17)9-3-2-4-10(7-9)13(14,15)16/h2-4,7-8,18H,5H2,1H3. The lowest BCUT2D eigenvalue weighted by Crippen LogP contribution is -2.09. The van der Waals surface area contributed by atoms with Crippen molar-refractivity contribution in [3.63, 3.8) is 0 Å². The molecule has 1 N–H and O–H groups in total. The maximum absolute atomic E-state index is 12.6. The van der Waals surface area contributed by atoms with Crippen LogP contribution in [0.1, 0.15) is 17.5 Å². The first-order valence-corrected chi connectivity index (χ1v) is 5.35. The molecule has 0 unspecified atom stereocenters. The van der Waals surface area contributed by atoms with E-state index in [1.807, 2.05) is 0 Å². The average Bonchev–Trinajstić information content (AvgIpc) is 2.35. The monoisotopic (exact) mass is 268 g/mol. The van der Waals surface area contributed by atoms with E-state index < -0.39 is 17.5 Å². The summed E-state index contributed by atoms with van der Waals surface area (Å²) < 4.78 is 37.8. The number of allylic oxidation sites excluding steroid dienone is 1. The fourth-order valence-electron chi connectivity index (χ4n) is 1.50. The molecule has 0 bridgehead atoms. The molecular formula is C13H11F3N2O. The van der Waals surface area contributed by atoms with Gasteiger partial charge in [0.25, 0.3) is 0 Å². The van der Waals surface area contributed by atoms with E-state index in [1.165, 1.54) is 25.4 Å². The number of alkyl halides is 3. The molecule has 100 valence electrons. The molecule has 0 atom stereocenters. The van der Waals surface area contributed by atoms with Gasteiger partial charge in [-0.3, -0.25) is 4.79 Å². The third-order valence-corrected chi connectivity index (χ3v) is 2.33. The quantitative estimate of drug-likeness (QED) is 0.854. The Labute approximate surface area is 108 Å². The van der Waals surface area contributed by atoms with Crippen LogP contribution < -0.4 is 5.32 Å². The first kappa shape index (κ1) is 14.8. The Hall–Kier alpha value is -2.29. The summed E-state index contributed by atoms with van der Waals surface area (Å²) in [6.45, 7) is 0. The van der Waals surface area contributed by atoms with Gasteiger partial charge in [0.1, 0.15) is 0 Å². The minimum atomic E-state index is -4.47. The fourth-order valence-corrected chi connectivity index (χ4v) is 1.50. The van der Waals surface area contributed by atoms with Crippen LogP contribution in [0.3, 0.4) is 0 Å². The second-order valence-corrected chi connectivity index (χ2v) is 3.68. The molecule has 19 heavy (non-hydrogen) atoms. The second-order valence-electron chi connectivity index (χ2n) is 3.68. The Morgan fingerprint density at radius 1 is 1.47 bits per heavy atom. The van der Waals surface area contributed by atoms with E-state index in [2.05, 4.69) is 5.32 Å². The normalized spacial score (nSPS) is 11.8. The molecule has 1 aromatic carbocycles. The first-order chi connectivity index (χ1) is 8.90. The van der Waals surface area contributed by atoms with Crippen LogP contribution in [-0.2, 0) is 11.0 Å². The number of nitrogens with zero attached hydrogens (tertiary/aromatic N) is 1. The summed E-state index contributed by atoms with van der Waals surface area (Å²) in [5.41, 5.74) is -0.656. The average molecular weight is 268 g/mol. The van der Waals surface area contributed by atoms with Gasteiger partial charge >= 0.3 is 6.18 Å². The Morgan fingerprint density at radius 2 is 2.16 bits per heavy atom. The summed E-state index contributed by atoms with van der Waals surface area (Å²) in [7, 11) is 1.52. The summed E-state index contributed by atoms with van der Waals surface area (Å²) in [6, 6.07) is 6.11. The number of rotatable bonds is 4. The lowest BCUT2D eigenvalue weighted by atomic mass is 9.99. The number of nitrogens with one attached hydrogen (secondary N) is 1. The first-order valence-electron chi connectivity index (χ1n) is 5.35. The van der Waals surface area contributed by atoms with Gasteiger partial charge in [0.05, 0.1) is 18.1 Å². The molecule has 0 saturated heterocycles. The predicted molar refractivity (Wildman–Crippen MR) is 63.7 cm³/mol. The number of ketones is 1. The summed E-state index contributed by atoms with van der Waals surface area (Å²) >= 11 is 0. The lowest BCUT2D eigenvalue weighted by molar-refractivity contribution is -0.137. The van der Waals surface area contributed by atoms with Crippen molar-refractivity contribution in [1.29, 1.82) is 5.26 Å². The molecule has 0 saturated carbocycles. The highest BCUT2D eigenvalue weighted by molar-refractivity contribution is 6.21. The van der Waals surface area contributed by atoms with Crippen molar-refractivity contribution >= 4 is 11.4 Å². The number of hydrogen-bond donors (Lipinski definition) is 1. The molecule has 0 amide bonds. The summed E-state index contributed by atoms with van der Waals surface area (Å²) in [4.78, 5) is 11.7. The van der Waals surface area contributed by atoms with Gasteiger partial charge in [-0.25, -0.2) is 0 Å². The number of carbonyl (C=O) groups excluding carboxylic acids is 1. The molecule has 0 fully saturated rings. The van der Waals surface area contributed by atoms with Gasteiger partial charge in [-0.1, -0.05) is 12.1 Å². The van der Waals surface area contributed by atoms with Gasteiger partial charge in [0, 0.05) is 18.8 Å². The molecule has 0 spiro atoms. The van der Waals surface area contributed by atoms with Crippen molar-refractivity contribution in [3.8, 4) is 6.07 Å². The molecule has 0 heterocycles. The lowest BCUT2D eigenvalue weighted by Gasteiger charge is -2.10. The van der Waals surface area contributed by atoms with E-state index in [0.717, 1.165) is 12.1 Å². The number of hydrogen-bond acceptors (Lipinski definition) is 3. The molecule has 0 radical (unpaired) electrons. The Kier molecular flexibility index (Phi) is 4.70. The smallest absolute Gasteiger partial charge is 0.393 e. The topological polar surface area (TPSA) is 52.9 Å². The van der Waals surface area contributed by atoms with Gasteiger partial charge < -0.3 is 5.32 Å². The van der Waals surface area contributed by atoms with Crippen molar-refractivity contribution in [3.05, 3.63) is 41.6 Å². The van der Waals surface area contributed by atoms with Crippen molar-refractivity contribution in [2.75, 3.05) is 7.05 Å². The molecule has 1 rings (SSSR count). The molecule has 0 aromatic heterocycles. The Balaban J connectivity index is 3.22. The van der Waals surface area contributed by atoms with Gasteiger partial charge in [-0.05, 0) is 17.7 Å². The van der Waals surface area contributed by atoms with Crippen molar-refractivity contribution in [2.24, 2.45) is 0 Å². The summed E-state index contributed by atoms with van der Waals surface area (Å²) in [5, 5.41) is 11.1. The molecule has 1 aromatic rings. The van der Waals surface area contributed by atoms with Crippen molar-refractivity contribution in [2.45, 2.75) is 12.6 Å². The highest BCUT2D eigenvalue weighted by Crippen LogP contribution is 2.31. The van der Waals surface area contributed by atoms with Gasteiger partial charge in [0.15, 0.2) is 5.78 Å². The number of nitriles is 1. The largest absolute Gasteiger partial charge is 0.416 e. The number of benzene rings is 1. The summed E-state index contributed by atoms with van der Waals surface area (Å²) in [5.74, 6) is -0.531. The van der Waals surface area contributed by atoms with Crippen LogP contribution >= 0.6 is 0 Å². The predicted octanol–water partition coefficient (Wildman–Crippen LogP) is 2.75. The van der Waals surface area contributed by atoms with E-state index >= 15 is 0 Å². The zero-order valence-corrected chi connectivity index (χ0v) is 10.1. The minimum absolute atomic E-state index is 0.0511. The van der Waals surface area contributed by atoms with E-state index in [4.69, 9.17) is 5.26 Å². The van der Waals surface area contributed by atoms with Crippen LogP contribution in [0.25, 0.3) is 5.57 Å². The van der Waals surface area contributed by atoms with Crippen LogP contribution in [0.5, 0.6) is 0 Å². The zero-order valence-electron chi connectivity index (χ0n) is 10.1. The zero-order chi connectivity index (χ0) is 14.5. The van der Waals surface area contributed by atoms with Crippen LogP contribution in [-0.4, -0.2) is 12.8 Å². The molecule has 3 nitrogen and oxygen atoms in total. The maximum atomic E-state index is 12.6. The highest BCUT2D eigenvalue weighted by Gasteiger charge is 2.30. The third-order valence-electron chi connectivity index (χ3n) is 2.33. The molecule has 0 aliphatic heterocycles. The maximum Gasteiger partial charge on any atom is 0.416 e. The Bertz CT molecular complexity index is 542. The number of Topliss-reactive ketones (excluding diaryl/α,β-unsaturated/α-hetero) is 1. The molecule has 0 aliphatic rings. The molecular weight excluding hydrogens is 257 g/mol. The second kappa shape index (κ2) is 6.05. The van der Waals surface area contributed by atoms with Gasteiger partial charge in [0.2, 0.25) is 0 Å². The van der Waals surface area contributed by atoms with Crippen LogP contribution in [0.15, 0.2) is 30.5 Å². The van der Waals surface area contributed by atoms with E-state index in [-0.39, 0.29) is 17.6 Å². The number of carbonyl (C=O) groups is 1. The van der Waals surface area contributed by atoms with Gasteiger partial charge in [-0.15, -0.1) is 0 Å². The third kappa shape index (κ3) is 3.85. The van der Waals surface area contributed by atoms with E-state index in [9.17, 15) is 18.0 Å². The van der Waals surface area contributed by atoms with Crippen molar-refractivity contribution in [1.82, 2.24) is 5.32 Å². The van der Waals surface area contributed by atoms with Crippen LogP contribution in [0, 0.1) is 11.3 Å². The minimum Gasteiger partial charge on any atom is -0.393 e. The SMILES string of the molecule is CNC=C(C(=O)CC#N)c1cccc(C(F)(F)F)c1. The van der Waals surface area contributed by atoms with Crippen molar-refractivity contribution < 1.29 is 18.0 Å².